The molecule has 8 nitrogen and oxygen atoms in total. The number of nitrogens with two attached hydrogens (primary N) is 2. The number of carbonyl (C=O) groups is 2. The fraction of sp³-hybridized carbons (Fsp3) is 0.400. The summed E-state index contributed by atoms with van der Waals surface area (Å²) in [5, 5.41) is 0. The lowest BCUT2D eigenvalue weighted by atomic mass is 9.77. The maximum Gasteiger partial charge on any atom is 0.295 e. The molecule has 146 valence electrons. The van der Waals surface area contributed by atoms with E-state index >= 15 is 0 Å². The summed E-state index contributed by atoms with van der Waals surface area (Å²) in [5.41, 5.74) is 29.8. The predicted molar refractivity (Wildman–Crippen MR) is 105 cm³/mol. The van der Waals surface area contributed by atoms with Gasteiger partial charge in [-0.05, 0) is 18.6 Å². The number of hydrogen-bond acceptors (Lipinski definition) is 4. The van der Waals surface area contributed by atoms with Gasteiger partial charge in [0, 0.05) is 23.3 Å². The SMILES string of the molecule is CCCCC(C(=O)C1=CCC(=[N+]=[N-])C=C1)C(N)(N)C(=O)C1=CCC(=[N+]=[N-])C=C1. The van der Waals surface area contributed by atoms with E-state index in [1.165, 1.54) is 12.2 Å². The van der Waals surface area contributed by atoms with Crippen molar-refractivity contribution in [2.24, 2.45) is 17.4 Å². The lowest BCUT2D eigenvalue weighted by molar-refractivity contribution is -0.129. The molecular formula is C20H24N6O2. The lowest BCUT2D eigenvalue weighted by Gasteiger charge is -2.32. The Bertz CT molecular complexity index is 894. The van der Waals surface area contributed by atoms with Crippen molar-refractivity contribution < 1.29 is 19.2 Å². The molecule has 4 N–H and O–H groups in total. The van der Waals surface area contributed by atoms with E-state index in [4.69, 9.17) is 22.5 Å². The van der Waals surface area contributed by atoms with Gasteiger partial charge in [0.1, 0.15) is 5.66 Å². The highest BCUT2D eigenvalue weighted by Crippen LogP contribution is 2.27. The summed E-state index contributed by atoms with van der Waals surface area (Å²) in [7, 11) is 0. The number of hydrogen-bond donors (Lipinski definition) is 2. The molecule has 1 unspecified atom stereocenters. The normalized spacial score (nSPS) is 17.4. The molecule has 0 saturated heterocycles. The van der Waals surface area contributed by atoms with E-state index in [1.807, 2.05) is 6.92 Å². The number of ketones is 2. The van der Waals surface area contributed by atoms with Crippen LogP contribution in [-0.4, -0.2) is 38.2 Å². The Hall–Kier alpha value is -3.02. The van der Waals surface area contributed by atoms with Crippen molar-refractivity contribution in [3.8, 4) is 0 Å². The fourth-order valence-corrected chi connectivity index (χ4v) is 3.18. The molecule has 0 aliphatic heterocycles. The highest BCUT2D eigenvalue weighted by molar-refractivity contribution is 6.12. The van der Waals surface area contributed by atoms with Gasteiger partial charge in [-0.1, -0.05) is 31.9 Å². The molecule has 0 aromatic heterocycles. The Morgan fingerprint density at radius 2 is 1.57 bits per heavy atom. The van der Waals surface area contributed by atoms with E-state index in [1.54, 1.807) is 24.3 Å². The van der Waals surface area contributed by atoms with E-state index in [2.05, 4.69) is 9.58 Å². The summed E-state index contributed by atoms with van der Waals surface area (Å²) < 4.78 is 0. The minimum absolute atomic E-state index is 0.273. The van der Waals surface area contributed by atoms with Gasteiger partial charge in [0.25, 0.3) is 11.4 Å². The zero-order chi connectivity index (χ0) is 20.7. The summed E-state index contributed by atoms with van der Waals surface area (Å²) in [6.45, 7) is 1.98. The van der Waals surface area contributed by atoms with Gasteiger partial charge in [-0.15, -0.1) is 0 Å². The minimum Gasteiger partial charge on any atom is -0.361 e. The summed E-state index contributed by atoms with van der Waals surface area (Å²) in [6.07, 6.45) is 11.8. The van der Waals surface area contributed by atoms with Gasteiger partial charge >= 0.3 is 0 Å². The van der Waals surface area contributed by atoms with Crippen LogP contribution >= 0.6 is 0 Å². The van der Waals surface area contributed by atoms with Crippen molar-refractivity contribution >= 4 is 23.0 Å². The van der Waals surface area contributed by atoms with Crippen LogP contribution in [0.2, 0.25) is 0 Å². The molecule has 0 radical (unpaired) electrons. The highest BCUT2D eigenvalue weighted by Gasteiger charge is 2.44. The van der Waals surface area contributed by atoms with E-state index in [9.17, 15) is 9.59 Å². The van der Waals surface area contributed by atoms with Crippen molar-refractivity contribution in [2.75, 3.05) is 0 Å². The maximum absolute atomic E-state index is 13.1. The second-order valence-electron chi connectivity index (χ2n) is 6.90. The van der Waals surface area contributed by atoms with Crippen LogP contribution in [0.1, 0.15) is 39.0 Å². The molecule has 0 amide bonds. The Morgan fingerprint density at radius 3 is 2.00 bits per heavy atom. The van der Waals surface area contributed by atoms with Crippen LogP contribution in [0.5, 0.6) is 0 Å². The van der Waals surface area contributed by atoms with E-state index in [-0.39, 0.29) is 17.8 Å². The standard InChI is InChI=1S/C20H24N6O2/c1-2-3-4-17(18(27)13-5-9-15(25-23)10-6-13)20(21,22)19(28)14-7-11-16(26-24)12-8-14/h5-9,11,17H,2-4,10,12,21-22H2,1H3. The smallest absolute Gasteiger partial charge is 0.295 e. The molecule has 2 rings (SSSR count). The van der Waals surface area contributed by atoms with Gasteiger partial charge < -0.3 is 22.5 Å². The van der Waals surface area contributed by atoms with E-state index in [0.29, 0.717) is 36.3 Å². The molecule has 0 heterocycles. The largest absolute Gasteiger partial charge is 0.361 e. The molecule has 2 aliphatic rings. The summed E-state index contributed by atoms with van der Waals surface area (Å²) in [6, 6.07) is 0. The average molecular weight is 380 g/mol. The van der Waals surface area contributed by atoms with Crippen LogP contribution in [0.25, 0.3) is 11.1 Å². The second kappa shape index (κ2) is 9.26. The molecule has 0 aromatic carbocycles. The first-order valence-electron chi connectivity index (χ1n) is 9.20. The van der Waals surface area contributed by atoms with Crippen LogP contribution in [0, 0.1) is 5.92 Å². The predicted octanol–water partition coefficient (Wildman–Crippen LogP) is 1.66. The first-order chi connectivity index (χ1) is 13.3. The van der Waals surface area contributed by atoms with Gasteiger partial charge in [0.15, 0.2) is 11.6 Å². The summed E-state index contributed by atoms with van der Waals surface area (Å²) in [5.74, 6) is -1.74. The van der Waals surface area contributed by atoms with Crippen LogP contribution < -0.4 is 11.5 Å². The number of allylic oxidation sites excluding steroid dienone is 7. The Kier molecular flexibility index (Phi) is 7.04. The zero-order valence-electron chi connectivity index (χ0n) is 15.8. The van der Waals surface area contributed by atoms with E-state index < -0.39 is 17.4 Å². The van der Waals surface area contributed by atoms with Crippen molar-refractivity contribution in [1.29, 1.82) is 0 Å². The monoisotopic (exact) mass is 380 g/mol. The average Bonchev–Trinajstić information content (AvgIpc) is 2.73. The van der Waals surface area contributed by atoms with Crippen LogP contribution in [0.4, 0.5) is 0 Å². The number of rotatable bonds is 8. The zero-order valence-corrected chi connectivity index (χ0v) is 15.8. The Labute approximate surface area is 163 Å². The Morgan fingerprint density at radius 1 is 1.04 bits per heavy atom. The van der Waals surface area contributed by atoms with Crippen LogP contribution in [-0.2, 0) is 9.59 Å². The maximum atomic E-state index is 13.1. The molecule has 28 heavy (non-hydrogen) atoms. The van der Waals surface area contributed by atoms with Crippen molar-refractivity contribution in [3.63, 3.8) is 0 Å². The second-order valence-corrected chi connectivity index (χ2v) is 6.90. The highest BCUT2D eigenvalue weighted by atomic mass is 16.1. The summed E-state index contributed by atoms with van der Waals surface area (Å²) >= 11 is 0. The third-order valence-electron chi connectivity index (χ3n) is 4.91. The lowest BCUT2D eigenvalue weighted by Crippen LogP contribution is -2.64. The van der Waals surface area contributed by atoms with Crippen molar-refractivity contribution in [1.82, 2.24) is 0 Å². The third kappa shape index (κ3) is 4.63. The first-order valence-corrected chi connectivity index (χ1v) is 9.20. The van der Waals surface area contributed by atoms with Crippen molar-refractivity contribution in [2.45, 2.75) is 44.7 Å². The van der Waals surface area contributed by atoms with Crippen LogP contribution in [0.3, 0.4) is 0 Å². The molecule has 2 aliphatic carbocycles. The van der Waals surface area contributed by atoms with Gasteiger partial charge in [-0.3, -0.25) is 9.59 Å². The van der Waals surface area contributed by atoms with Crippen molar-refractivity contribution in [3.05, 3.63) is 58.7 Å². The minimum atomic E-state index is -1.88. The number of nitrogens with zero attached hydrogens (tertiary/aromatic N) is 4. The van der Waals surface area contributed by atoms with Gasteiger partial charge in [0.05, 0.1) is 18.8 Å². The molecule has 0 aromatic rings. The first kappa shape index (κ1) is 21.3. The summed E-state index contributed by atoms with van der Waals surface area (Å²) in [4.78, 5) is 32.3. The van der Waals surface area contributed by atoms with Gasteiger partial charge in [-0.2, -0.15) is 9.58 Å². The van der Waals surface area contributed by atoms with Crippen LogP contribution in [0.15, 0.2) is 47.6 Å². The molecule has 8 heteroatoms. The number of carbonyl (C=O) groups excluding carboxylic acids is 2. The van der Waals surface area contributed by atoms with Gasteiger partial charge in [0.2, 0.25) is 0 Å². The number of Topliss-reactive ketones (excluding diaryl/α,β-unsaturated/α-hetero) is 2. The molecule has 0 bridgehead atoms. The topological polar surface area (TPSA) is 159 Å². The fourth-order valence-electron chi connectivity index (χ4n) is 3.18. The molecule has 0 fully saturated rings. The molecular weight excluding hydrogens is 356 g/mol. The van der Waals surface area contributed by atoms with E-state index in [0.717, 1.165) is 6.42 Å². The molecule has 0 saturated carbocycles. The third-order valence-corrected chi connectivity index (χ3v) is 4.91. The molecule has 0 spiro atoms. The molecule has 1 atom stereocenters. The van der Waals surface area contributed by atoms with Gasteiger partial charge in [-0.25, -0.2) is 0 Å². The number of unbranched alkanes of at least 4 members (excludes halogenated alkanes) is 1. The quantitative estimate of drug-likeness (QED) is 0.372. The Balaban J connectivity index is 2.30.